The normalized spacial score (nSPS) is 22.6. The molecule has 5 nitrogen and oxygen atoms in total. The molecule has 0 fully saturated rings. The lowest BCUT2D eigenvalue weighted by Gasteiger charge is -2.27. The standard InChI is InChI=1S/C11H12F3N3O2/c1-5(2)10(3)8(19)16-9-15-6(11(12,13)14)4-7(18)17(9)10/h4-5H,1-3H3,(H,15,16,19). The summed E-state index contributed by atoms with van der Waals surface area (Å²) in [5.41, 5.74) is -3.44. The van der Waals surface area contributed by atoms with Crippen LogP contribution in [0.15, 0.2) is 10.9 Å². The van der Waals surface area contributed by atoms with Gasteiger partial charge in [0.2, 0.25) is 5.95 Å². The van der Waals surface area contributed by atoms with Crippen LogP contribution in [-0.4, -0.2) is 15.5 Å². The van der Waals surface area contributed by atoms with Crippen molar-refractivity contribution in [2.24, 2.45) is 5.92 Å². The van der Waals surface area contributed by atoms with Crippen LogP contribution in [0.1, 0.15) is 26.5 Å². The van der Waals surface area contributed by atoms with Crippen LogP contribution in [0.5, 0.6) is 0 Å². The van der Waals surface area contributed by atoms with Crippen molar-refractivity contribution >= 4 is 11.9 Å². The Kier molecular flexibility index (Phi) is 2.72. The summed E-state index contributed by atoms with van der Waals surface area (Å²) in [5.74, 6) is -1.17. The predicted octanol–water partition coefficient (Wildman–Crippen LogP) is 1.59. The van der Waals surface area contributed by atoms with Gasteiger partial charge in [-0.25, -0.2) is 4.98 Å². The molecule has 104 valence electrons. The Bertz CT molecular complexity index is 606. The number of hydrogen-bond donors (Lipinski definition) is 1. The number of alkyl halides is 3. The monoisotopic (exact) mass is 275 g/mol. The number of nitrogens with zero attached hydrogens (tertiary/aromatic N) is 2. The third-order valence-electron chi connectivity index (χ3n) is 3.48. The number of carbonyl (C=O) groups is 1. The van der Waals surface area contributed by atoms with Gasteiger partial charge in [-0.05, 0) is 12.8 Å². The first-order valence-corrected chi connectivity index (χ1v) is 5.61. The number of rotatable bonds is 1. The highest BCUT2D eigenvalue weighted by Crippen LogP contribution is 2.35. The molecule has 0 saturated heterocycles. The van der Waals surface area contributed by atoms with E-state index in [1.54, 1.807) is 13.8 Å². The molecule has 1 aromatic rings. The Labute approximate surface area is 106 Å². The second-order valence-corrected chi connectivity index (χ2v) is 4.89. The van der Waals surface area contributed by atoms with E-state index in [1.165, 1.54) is 6.92 Å². The van der Waals surface area contributed by atoms with Gasteiger partial charge in [0.05, 0.1) is 0 Å². The maximum atomic E-state index is 12.6. The van der Waals surface area contributed by atoms with Gasteiger partial charge in [-0.1, -0.05) is 13.8 Å². The molecule has 1 N–H and O–H groups in total. The highest BCUT2D eigenvalue weighted by Gasteiger charge is 2.47. The summed E-state index contributed by atoms with van der Waals surface area (Å²) in [7, 11) is 0. The van der Waals surface area contributed by atoms with Gasteiger partial charge in [0.1, 0.15) is 5.54 Å². The van der Waals surface area contributed by atoms with Crippen LogP contribution < -0.4 is 10.9 Å². The molecule has 8 heteroatoms. The van der Waals surface area contributed by atoms with Crippen LogP contribution in [0.25, 0.3) is 0 Å². The van der Waals surface area contributed by atoms with Crippen molar-refractivity contribution in [3.8, 4) is 0 Å². The summed E-state index contributed by atoms with van der Waals surface area (Å²) in [6, 6.07) is 0.407. The molecular formula is C11H12F3N3O2. The Balaban J connectivity index is 2.71. The van der Waals surface area contributed by atoms with Crippen LogP contribution in [0.4, 0.5) is 19.1 Å². The summed E-state index contributed by atoms with van der Waals surface area (Å²) in [6.45, 7) is 4.91. The first-order valence-electron chi connectivity index (χ1n) is 5.61. The molecule has 1 amide bonds. The smallest absolute Gasteiger partial charge is 0.294 e. The molecule has 0 spiro atoms. The van der Waals surface area contributed by atoms with E-state index in [0.717, 1.165) is 4.57 Å². The number of nitrogens with one attached hydrogen (secondary N) is 1. The molecule has 0 saturated carbocycles. The molecule has 1 aliphatic heterocycles. The topological polar surface area (TPSA) is 64.0 Å². The Morgan fingerprint density at radius 2 is 1.95 bits per heavy atom. The number of carbonyl (C=O) groups excluding carboxylic acids is 1. The lowest BCUT2D eigenvalue weighted by atomic mass is 9.88. The van der Waals surface area contributed by atoms with Crippen molar-refractivity contribution < 1.29 is 18.0 Å². The lowest BCUT2D eigenvalue weighted by molar-refractivity contribution is -0.141. The summed E-state index contributed by atoms with van der Waals surface area (Å²) >= 11 is 0. The molecule has 1 aromatic heterocycles. The SMILES string of the molecule is CC(C)C1(C)C(=O)Nc2nc(C(F)(F)F)cc(=O)n21. The Morgan fingerprint density at radius 3 is 2.42 bits per heavy atom. The van der Waals surface area contributed by atoms with Gasteiger partial charge in [0, 0.05) is 6.07 Å². The molecule has 19 heavy (non-hydrogen) atoms. The van der Waals surface area contributed by atoms with E-state index in [-0.39, 0.29) is 11.9 Å². The van der Waals surface area contributed by atoms with E-state index in [2.05, 4.69) is 10.3 Å². The summed E-state index contributed by atoms with van der Waals surface area (Å²) < 4.78 is 38.7. The molecular weight excluding hydrogens is 263 g/mol. The van der Waals surface area contributed by atoms with E-state index in [1.807, 2.05) is 0 Å². The number of amides is 1. The third kappa shape index (κ3) is 1.82. The van der Waals surface area contributed by atoms with E-state index in [0.29, 0.717) is 6.07 Å². The molecule has 0 bridgehead atoms. The second kappa shape index (κ2) is 3.82. The minimum Gasteiger partial charge on any atom is -0.294 e. The first-order chi connectivity index (χ1) is 8.58. The van der Waals surface area contributed by atoms with E-state index < -0.39 is 28.9 Å². The van der Waals surface area contributed by atoms with Crippen LogP contribution in [0.3, 0.4) is 0 Å². The summed E-state index contributed by atoms with van der Waals surface area (Å²) in [6.07, 6.45) is -4.73. The van der Waals surface area contributed by atoms with E-state index in [4.69, 9.17) is 0 Å². The molecule has 2 heterocycles. The van der Waals surface area contributed by atoms with E-state index in [9.17, 15) is 22.8 Å². The zero-order chi connectivity index (χ0) is 14.6. The van der Waals surface area contributed by atoms with Crippen molar-refractivity contribution in [2.75, 3.05) is 5.32 Å². The van der Waals surface area contributed by atoms with Gasteiger partial charge in [-0.3, -0.25) is 19.5 Å². The first kappa shape index (κ1) is 13.6. The van der Waals surface area contributed by atoms with Crippen molar-refractivity contribution in [1.82, 2.24) is 9.55 Å². The van der Waals surface area contributed by atoms with Crippen LogP contribution in [0.2, 0.25) is 0 Å². The van der Waals surface area contributed by atoms with Crippen LogP contribution in [0, 0.1) is 5.92 Å². The highest BCUT2D eigenvalue weighted by atomic mass is 19.4. The average molecular weight is 275 g/mol. The van der Waals surface area contributed by atoms with Gasteiger partial charge in [-0.15, -0.1) is 0 Å². The highest BCUT2D eigenvalue weighted by molar-refractivity contribution is 5.99. The maximum Gasteiger partial charge on any atom is 0.433 e. The zero-order valence-electron chi connectivity index (χ0n) is 10.5. The van der Waals surface area contributed by atoms with Crippen LogP contribution in [-0.2, 0) is 16.5 Å². The van der Waals surface area contributed by atoms with Gasteiger partial charge >= 0.3 is 6.18 Å². The van der Waals surface area contributed by atoms with Crippen molar-refractivity contribution in [3.05, 3.63) is 22.1 Å². The Morgan fingerprint density at radius 1 is 1.37 bits per heavy atom. The fourth-order valence-electron chi connectivity index (χ4n) is 2.01. The molecule has 1 unspecified atom stereocenters. The molecule has 0 radical (unpaired) electrons. The molecule has 1 aliphatic rings. The molecule has 2 rings (SSSR count). The number of halogens is 3. The number of aromatic nitrogens is 2. The van der Waals surface area contributed by atoms with Crippen molar-refractivity contribution in [1.29, 1.82) is 0 Å². The quantitative estimate of drug-likeness (QED) is 0.846. The third-order valence-corrected chi connectivity index (χ3v) is 3.48. The zero-order valence-corrected chi connectivity index (χ0v) is 10.5. The number of hydrogen-bond acceptors (Lipinski definition) is 3. The van der Waals surface area contributed by atoms with Gasteiger partial charge in [0.15, 0.2) is 5.69 Å². The predicted molar refractivity (Wildman–Crippen MR) is 60.6 cm³/mol. The largest absolute Gasteiger partial charge is 0.433 e. The fraction of sp³-hybridized carbons (Fsp3) is 0.545. The van der Waals surface area contributed by atoms with Gasteiger partial charge in [0.25, 0.3) is 11.5 Å². The minimum atomic E-state index is -4.73. The minimum absolute atomic E-state index is 0.273. The maximum absolute atomic E-state index is 12.6. The average Bonchev–Trinajstić information content (AvgIpc) is 2.51. The molecule has 1 atom stereocenters. The summed E-state index contributed by atoms with van der Waals surface area (Å²) in [4.78, 5) is 27.1. The summed E-state index contributed by atoms with van der Waals surface area (Å²) in [5, 5.41) is 2.24. The Hall–Kier alpha value is -1.86. The van der Waals surface area contributed by atoms with Crippen LogP contribution >= 0.6 is 0 Å². The fourth-order valence-corrected chi connectivity index (χ4v) is 2.01. The van der Waals surface area contributed by atoms with Crippen molar-refractivity contribution in [3.63, 3.8) is 0 Å². The number of fused-ring (bicyclic) bond motifs is 1. The molecule has 0 aliphatic carbocycles. The van der Waals surface area contributed by atoms with E-state index >= 15 is 0 Å². The van der Waals surface area contributed by atoms with Gasteiger partial charge in [-0.2, -0.15) is 13.2 Å². The second-order valence-electron chi connectivity index (χ2n) is 4.89. The molecule has 0 aromatic carbocycles. The van der Waals surface area contributed by atoms with Crippen molar-refractivity contribution in [2.45, 2.75) is 32.5 Å². The lowest BCUT2D eigenvalue weighted by Crippen LogP contribution is -2.45. The number of anilines is 1. The van der Waals surface area contributed by atoms with Gasteiger partial charge < -0.3 is 0 Å².